The number of ether oxygens (including phenoxy) is 2. The highest BCUT2D eigenvalue weighted by Crippen LogP contribution is 2.38. The third-order valence-corrected chi connectivity index (χ3v) is 11.2. The van der Waals surface area contributed by atoms with Crippen molar-refractivity contribution in [1.29, 1.82) is 0 Å². The third kappa shape index (κ3) is 10.3. The van der Waals surface area contributed by atoms with Crippen molar-refractivity contribution < 1.29 is 9.47 Å². The van der Waals surface area contributed by atoms with Crippen LogP contribution in [0.15, 0.2) is 206 Å². The van der Waals surface area contributed by atoms with Crippen molar-refractivity contribution in [2.45, 2.75) is 45.4 Å². The highest BCUT2D eigenvalue weighted by Gasteiger charge is 2.16. The molecule has 0 aliphatic heterocycles. The zero-order valence-corrected chi connectivity index (χ0v) is 34.6. The number of nitrogens with zero attached hydrogens (tertiary/aromatic N) is 2. The molecule has 7 aromatic carbocycles. The van der Waals surface area contributed by atoms with E-state index in [0.717, 1.165) is 84.1 Å². The van der Waals surface area contributed by atoms with Gasteiger partial charge < -0.3 is 19.3 Å². The van der Waals surface area contributed by atoms with Crippen molar-refractivity contribution in [2.24, 2.45) is 5.92 Å². The summed E-state index contributed by atoms with van der Waals surface area (Å²) >= 11 is 0. The SMILES string of the molecule is CC1CC=CC=C1c1ccc(N(c2ccccc2)c2ccc(OCCCCCCCOc3ccc(N(c4ccccc4)c4ccc(-c5ccccc5)cc4)cc3)cc2)cc1. The normalized spacial score (nSPS) is 13.3. The Bertz CT molecular complexity index is 2410. The Morgan fingerprint density at radius 1 is 0.400 bits per heavy atom. The van der Waals surface area contributed by atoms with Gasteiger partial charge in [0.15, 0.2) is 0 Å². The molecule has 0 heterocycles. The number of benzene rings is 7. The van der Waals surface area contributed by atoms with Crippen molar-refractivity contribution in [3.05, 3.63) is 212 Å². The van der Waals surface area contributed by atoms with Crippen LogP contribution in [0.25, 0.3) is 16.7 Å². The number of para-hydroxylation sites is 2. The quantitative estimate of drug-likeness (QED) is 0.0809. The molecule has 60 heavy (non-hydrogen) atoms. The molecule has 0 saturated carbocycles. The first-order valence-electron chi connectivity index (χ1n) is 21.5. The van der Waals surface area contributed by atoms with Crippen LogP contribution in [0.1, 0.15) is 51.0 Å². The van der Waals surface area contributed by atoms with Crippen LogP contribution in [0.3, 0.4) is 0 Å². The molecule has 1 aliphatic rings. The molecule has 0 spiro atoms. The van der Waals surface area contributed by atoms with Gasteiger partial charge in [-0.2, -0.15) is 0 Å². The van der Waals surface area contributed by atoms with E-state index in [1.165, 1.54) is 22.3 Å². The van der Waals surface area contributed by atoms with Gasteiger partial charge in [-0.25, -0.2) is 0 Å². The molecule has 0 N–H and O–H groups in total. The van der Waals surface area contributed by atoms with Gasteiger partial charge in [-0.3, -0.25) is 0 Å². The van der Waals surface area contributed by atoms with Crippen molar-refractivity contribution >= 4 is 39.7 Å². The molecule has 4 nitrogen and oxygen atoms in total. The van der Waals surface area contributed by atoms with Gasteiger partial charge in [-0.1, -0.05) is 135 Å². The minimum absolute atomic E-state index is 0.531. The average molecular weight is 787 g/mol. The smallest absolute Gasteiger partial charge is 0.119 e. The van der Waals surface area contributed by atoms with Crippen LogP contribution in [0.2, 0.25) is 0 Å². The highest BCUT2D eigenvalue weighted by molar-refractivity contribution is 5.80. The average Bonchev–Trinajstić information content (AvgIpc) is 3.31. The molecule has 0 fully saturated rings. The fraction of sp³-hybridized carbons (Fsp3) is 0.179. The van der Waals surface area contributed by atoms with Gasteiger partial charge in [-0.15, -0.1) is 0 Å². The lowest BCUT2D eigenvalue weighted by Crippen LogP contribution is -2.10. The van der Waals surface area contributed by atoms with Crippen LogP contribution in [0.5, 0.6) is 11.5 Å². The predicted molar refractivity (Wildman–Crippen MR) is 253 cm³/mol. The lowest BCUT2D eigenvalue weighted by Gasteiger charge is -2.26. The lowest BCUT2D eigenvalue weighted by molar-refractivity contribution is 0.293. The summed E-state index contributed by atoms with van der Waals surface area (Å²) in [4.78, 5) is 4.59. The first-order chi connectivity index (χ1) is 29.7. The van der Waals surface area contributed by atoms with E-state index in [0.29, 0.717) is 19.1 Å². The Hall–Kier alpha value is -6.78. The Morgan fingerprint density at radius 2 is 0.767 bits per heavy atom. The Morgan fingerprint density at radius 3 is 1.22 bits per heavy atom. The first kappa shape index (κ1) is 40.0. The maximum atomic E-state index is 6.18. The summed E-state index contributed by atoms with van der Waals surface area (Å²) in [5, 5.41) is 0. The molecule has 300 valence electrons. The zero-order valence-electron chi connectivity index (χ0n) is 34.6. The molecule has 1 unspecified atom stereocenters. The third-order valence-electron chi connectivity index (χ3n) is 11.2. The summed E-state index contributed by atoms with van der Waals surface area (Å²) in [6.07, 6.45) is 13.3. The van der Waals surface area contributed by atoms with E-state index in [9.17, 15) is 0 Å². The Balaban J connectivity index is 0.775. The molecule has 0 radical (unpaired) electrons. The minimum Gasteiger partial charge on any atom is -0.494 e. The van der Waals surface area contributed by atoms with Gasteiger partial charge in [0, 0.05) is 34.1 Å². The Labute approximate surface area is 356 Å². The van der Waals surface area contributed by atoms with E-state index in [-0.39, 0.29) is 0 Å². The molecule has 0 saturated heterocycles. The van der Waals surface area contributed by atoms with Crippen LogP contribution in [-0.2, 0) is 0 Å². The summed E-state index contributed by atoms with van der Waals surface area (Å²) in [6.45, 7) is 3.73. The van der Waals surface area contributed by atoms with Crippen LogP contribution in [-0.4, -0.2) is 13.2 Å². The molecule has 1 atom stereocenters. The van der Waals surface area contributed by atoms with E-state index in [1.807, 2.05) is 0 Å². The van der Waals surface area contributed by atoms with E-state index < -0.39 is 0 Å². The molecule has 1 aliphatic carbocycles. The number of rotatable bonds is 18. The maximum Gasteiger partial charge on any atom is 0.119 e. The first-order valence-corrected chi connectivity index (χ1v) is 21.5. The fourth-order valence-electron chi connectivity index (χ4n) is 7.91. The van der Waals surface area contributed by atoms with Gasteiger partial charge in [0.25, 0.3) is 0 Å². The van der Waals surface area contributed by atoms with Gasteiger partial charge in [0.1, 0.15) is 11.5 Å². The standard InChI is InChI=1S/C56H54N2O2/c1-44-18-14-15-25-56(44)47-28-32-51(33-29-47)58(49-23-12-7-13-24-49)53-36-40-55(41-37-53)60-43-17-4-2-3-16-42-59-54-38-34-52(35-39-54)57(48-21-10-6-11-22-48)50-30-26-46(27-31-50)45-19-8-5-9-20-45/h5-15,19-41,44H,2-4,16-18,42-43H2,1H3. The maximum absolute atomic E-state index is 6.18. The second kappa shape index (κ2) is 20.3. The molecule has 4 heteroatoms. The van der Waals surface area contributed by atoms with Crippen LogP contribution in [0.4, 0.5) is 34.1 Å². The minimum atomic E-state index is 0.531. The molecule has 0 amide bonds. The number of unbranched alkanes of at least 4 members (excludes halogenated alkanes) is 4. The molecule has 0 bridgehead atoms. The predicted octanol–water partition coefficient (Wildman–Crippen LogP) is 15.7. The van der Waals surface area contributed by atoms with E-state index in [4.69, 9.17) is 9.47 Å². The van der Waals surface area contributed by atoms with E-state index >= 15 is 0 Å². The number of hydrogen-bond acceptors (Lipinski definition) is 4. The van der Waals surface area contributed by atoms with E-state index in [1.54, 1.807) is 0 Å². The summed E-state index contributed by atoms with van der Waals surface area (Å²) in [5.41, 5.74) is 11.8. The second-order valence-corrected chi connectivity index (χ2v) is 15.4. The monoisotopic (exact) mass is 786 g/mol. The molecular formula is C56H54N2O2. The Kier molecular flexibility index (Phi) is 13.5. The number of allylic oxidation sites excluding steroid dienone is 4. The zero-order chi connectivity index (χ0) is 40.8. The second-order valence-electron chi connectivity index (χ2n) is 15.4. The fourth-order valence-corrected chi connectivity index (χ4v) is 7.91. The van der Waals surface area contributed by atoms with E-state index in [2.05, 4.69) is 223 Å². The largest absolute Gasteiger partial charge is 0.494 e. The number of hydrogen-bond donors (Lipinski definition) is 0. The van der Waals surface area contributed by atoms with Crippen molar-refractivity contribution in [3.63, 3.8) is 0 Å². The van der Waals surface area contributed by atoms with Crippen LogP contribution < -0.4 is 19.3 Å². The van der Waals surface area contributed by atoms with Gasteiger partial charge in [0.05, 0.1) is 13.2 Å². The summed E-state index contributed by atoms with van der Waals surface area (Å²) in [7, 11) is 0. The lowest BCUT2D eigenvalue weighted by atomic mass is 9.88. The molecule has 7 aromatic rings. The topological polar surface area (TPSA) is 24.9 Å². The highest BCUT2D eigenvalue weighted by atomic mass is 16.5. The summed E-state index contributed by atoms with van der Waals surface area (Å²) in [5.74, 6) is 2.33. The van der Waals surface area contributed by atoms with Crippen molar-refractivity contribution in [3.8, 4) is 22.6 Å². The molecular weight excluding hydrogens is 733 g/mol. The molecule has 8 rings (SSSR count). The number of anilines is 6. The summed E-state index contributed by atoms with van der Waals surface area (Å²) in [6, 6.07) is 66.3. The van der Waals surface area contributed by atoms with Gasteiger partial charge >= 0.3 is 0 Å². The van der Waals surface area contributed by atoms with Gasteiger partial charge in [0.2, 0.25) is 0 Å². The van der Waals surface area contributed by atoms with Crippen LogP contribution in [0, 0.1) is 5.92 Å². The van der Waals surface area contributed by atoms with Gasteiger partial charge in [-0.05, 0) is 145 Å². The molecule has 0 aromatic heterocycles. The summed E-state index contributed by atoms with van der Waals surface area (Å²) < 4.78 is 12.3. The van der Waals surface area contributed by atoms with Crippen LogP contribution >= 0.6 is 0 Å². The van der Waals surface area contributed by atoms with Crippen molar-refractivity contribution in [1.82, 2.24) is 0 Å². The van der Waals surface area contributed by atoms with Crippen molar-refractivity contribution in [2.75, 3.05) is 23.0 Å².